The second kappa shape index (κ2) is 13.3. The molecule has 0 aliphatic carbocycles. The number of carbonyl (C=O) groups is 4. The number of thioether (sulfide) groups is 1. The van der Waals surface area contributed by atoms with Crippen molar-refractivity contribution >= 4 is 42.8 Å². The molecular weight excluding hydrogens is 499 g/mol. The van der Waals surface area contributed by atoms with Gasteiger partial charge in [0, 0.05) is 6.92 Å². The predicted molar refractivity (Wildman–Crippen MR) is 131 cm³/mol. The topological polar surface area (TPSA) is 149 Å². The number of hydrogen-bond donors (Lipinski definition) is 3. The van der Waals surface area contributed by atoms with Crippen LogP contribution in [0.5, 0.6) is 0 Å². The van der Waals surface area contributed by atoms with Gasteiger partial charge in [0.25, 0.3) is 0 Å². The normalized spacial score (nSPS) is 19.3. The van der Waals surface area contributed by atoms with Crippen molar-refractivity contribution in [2.24, 2.45) is 5.41 Å². The molecule has 0 bridgehead atoms. The van der Waals surface area contributed by atoms with E-state index in [2.05, 4.69) is 10.6 Å². The predicted octanol–water partition coefficient (Wildman–Crippen LogP) is 1.87. The zero-order valence-electron chi connectivity index (χ0n) is 20.3. The number of amides is 2. The average molecular weight is 533 g/mol. The fraction of sp³-hybridized carbons (Fsp3) is 0.545. The summed E-state index contributed by atoms with van der Waals surface area (Å²) >= 11 is 1.12. The van der Waals surface area contributed by atoms with Crippen molar-refractivity contribution < 1.29 is 42.4 Å². The summed E-state index contributed by atoms with van der Waals surface area (Å²) in [5.74, 6) is -0.983. The van der Waals surface area contributed by atoms with Crippen LogP contribution < -0.4 is 10.6 Å². The van der Waals surface area contributed by atoms with E-state index in [0.717, 1.165) is 17.3 Å². The van der Waals surface area contributed by atoms with Crippen LogP contribution in [0.25, 0.3) is 0 Å². The molecule has 0 aromatic heterocycles. The van der Waals surface area contributed by atoms with Gasteiger partial charge < -0.3 is 0 Å². The summed E-state index contributed by atoms with van der Waals surface area (Å²) in [6, 6.07) is 6.72. The van der Waals surface area contributed by atoms with Gasteiger partial charge >= 0.3 is 197 Å². The van der Waals surface area contributed by atoms with Gasteiger partial charge in [0.1, 0.15) is 0 Å². The van der Waals surface area contributed by atoms with E-state index in [1.807, 2.05) is 6.92 Å². The number of hydrogen-bond acceptors (Lipinski definition) is 10. The van der Waals surface area contributed by atoms with Gasteiger partial charge in [-0.25, -0.2) is 0 Å². The third-order valence-electron chi connectivity index (χ3n) is 4.94. The first-order valence-corrected chi connectivity index (χ1v) is 13.7. The maximum absolute atomic E-state index is 12.7. The van der Waals surface area contributed by atoms with Crippen molar-refractivity contribution in [2.45, 2.75) is 40.2 Å². The summed E-state index contributed by atoms with van der Waals surface area (Å²) in [7, 11) is -4.27. The number of rotatable bonds is 11. The summed E-state index contributed by atoms with van der Waals surface area (Å²) in [6.07, 6.45) is -1.08. The van der Waals surface area contributed by atoms with Gasteiger partial charge in [-0.2, -0.15) is 0 Å². The molecule has 2 amide bonds. The molecule has 0 unspecified atom stereocenters. The summed E-state index contributed by atoms with van der Waals surface area (Å²) in [6.45, 7) is 6.53. The molecule has 0 radical (unpaired) electrons. The van der Waals surface area contributed by atoms with Crippen LogP contribution in [0.3, 0.4) is 0 Å². The third-order valence-corrected chi connectivity index (χ3v) is 7.28. The average Bonchev–Trinajstić information content (AvgIpc) is 2.79. The molecule has 1 aromatic rings. The Morgan fingerprint density at radius 2 is 1.86 bits per heavy atom. The summed E-state index contributed by atoms with van der Waals surface area (Å²) in [5.41, 5.74) is 0.510. The van der Waals surface area contributed by atoms with E-state index in [-0.39, 0.29) is 30.6 Å². The molecule has 1 atom stereocenters. The molecule has 1 heterocycles. The van der Waals surface area contributed by atoms with Crippen LogP contribution in [0.1, 0.15) is 43.1 Å². The zero-order chi connectivity index (χ0) is 26.1. The number of aryl methyl sites for hydroxylation is 1. The van der Waals surface area contributed by atoms with Crippen molar-refractivity contribution in [3.63, 3.8) is 0 Å². The van der Waals surface area contributed by atoms with Crippen LogP contribution >= 0.6 is 19.9 Å². The van der Waals surface area contributed by atoms with E-state index in [4.69, 9.17) is 18.3 Å². The molecule has 13 heteroatoms. The van der Waals surface area contributed by atoms with E-state index in [1.54, 1.807) is 38.1 Å². The molecule has 1 fully saturated rings. The molecule has 1 aliphatic heterocycles. The van der Waals surface area contributed by atoms with E-state index in [0.29, 0.717) is 17.9 Å². The summed E-state index contributed by atoms with van der Waals surface area (Å²) in [5, 5.41) is 5.25. The van der Waals surface area contributed by atoms with Gasteiger partial charge in [0.15, 0.2) is 0 Å². The van der Waals surface area contributed by atoms with Gasteiger partial charge in [0.05, 0.1) is 0 Å². The molecule has 1 aliphatic rings. The molecule has 35 heavy (non-hydrogen) atoms. The Balaban J connectivity index is 1.80. The summed E-state index contributed by atoms with van der Waals surface area (Å²) in [4.78, 5) is 58.2. The fourth-order valence-electron chi connectivity index (χ4n) is 2.98. The summed E-state index contributed by atoms with van der Waals surface area (Å²) < 4.78 is 21.1. The Morgan fingerprint density at radius 3 is 2.51 bits per heavy atom. The third kappa shape index (κ3) is 9.83. The number of nitrogens with one attached hydrogen (secondary N) is 2. The monoisotopic (exact) mass is 532 g/mol. The van der Waals surface area contributed by atoms with Crippen molar-refractivity contribution in [3.8, 4) is 0 Å². The van der Waals surface area contributed by atoms with Crippen molar-refractivity contribution in [3.05, 3.63) is 35.4 Å². The standard InChI is InChI=1S/C22H33N2O9PS/c1-15-5-7-17(8-6-15)21(28)30-14-32-34(29)31-13-22(3,4)19(33-34)20(27)24-10-9-18(26)23-11-12-35-16(2)25/h5-8,19,29,34H,9-14H2,1-4H3,(H,23,26)(H,24,27)/t19-/m0/s1. The number of carbonyl (C=O) groups excluding carboxylic acids is 4. The quantitative estimate of drug-likeness (QED) is 0.167. The van der Waals surface area contributed by atoms with Crippen molar-refractivity contribution in [2.75, 3.05) is 32.2 Å². The van der Waals surface area contributed by atoms with Crippen LogP contribution in [0.15, 0.2) is 24.3 Å². The van der Waals surface area contributed by atoms with Crippen molar-refractivity contribution in [1.82, 2.24) is 10.6 Å². The molecule has 1 aromatic carbocycles. The molecule has 0 spiro atoms. The van der Waals surface area contributed by atoms with Gasteiger partial charge in [-0.05, 0) is 0 Å². The fourth-order valence-corrected chi connectivity index (χ4v) is 5.17. The van der Waals surface area contributed by atoms with Gasteiger partial charge in [0.2, 0.25) is 0 Å². The Hall–Kier alpha value is -2.08. The maximum atomic E-state index is 12.7. The van der Waals surface area contributed by atoms with E-state index in [1.165, 1.54) is 6.92 Å². The minimum atomic E-state index is -4.27. The number of esters is 1. The first-order valence-electron chi connectivity index (χ1n) is 11.0. The molecule has 3 N–H and O–H groups in total. The van der Waals surface area contributed by atoms with E-state index in [9.17, 15) is 24.1 Å². The molecule has 0 saturated carbocycles. The van der Waals surface area contributed by atoms with Gasteiger partial charge in [-0.15, -0.1) is 0 Å². The zero-order valence-corrected chi connectivity index (χ0v) is 22.1. The Labute approximate surface area is 209 Å². The number of ether oxygens (including phenoxy) is 1. The Morgan fingerprint density at radius 1 is 1.17 bits per heavy atom. The second-order valence-corrected chi connectivity index (χ2v) is 11.7. The molecular formula is C22H33N2O9PS. The van der Waals surface area contributed by atoms with E-state index >= 15 is 0 Å². The van der Waals surface area contributed by atoms with Crippen molar-refractivity contribution in [1.29, 1.82) is 0 Å². The van der Waals surface area contributed by atoms with Crippen LogP contribution in [0, 0.1) is 12.3 Å². The number of benzene rings is 1. The Bertz CT molecular complexity index is 913. The SMILES string of the molecule is CC(=O)SCCNC(=O)CCNC(=O)[C@@H]1O[PH](O)(OCOC(=O)c2ccc(C)cc2)OCC1(C)C. The molecule has 11 nitrogen and oxygen atoms in total. The molecule has 1 saturated heterocycles. The first-order chi connectivity index (χ1) is 16.4. The minimum absolute atomic E-state index is 0.0255. The van der Waals surface area contributed by atoms with Gasteiger partial charge in [-0.3, -0.25) is 4.79 Å². The van der Waals surface area contributed by atoms with Crippen LogP contribution in [0.2, 0.25) is 0 Å². The van der Waals surface area contributed by atoms with Crippen LogP contribution in [-0.4, -0.2) is 66.1 Å². The second-order valence-electron chi connectivity index (χ2n) is 8.59. The Kier molecular flexibility index (Phi) is 11.1. The van der Waals surface area contributed by atoms with Crippen LogP contribution in [0.4, 0.5) is 0 Å². The molecule has 196 valence electrons. The van der Waals surface area contributed by atoms with Gasteiger partial charge in [-0.1, -0.05) is 0 Å². The molecule has 2 rings (SSSR count). The van der Waals surface area contributed by atoms with E-state index < -0.39 is 38.4 Å². The van der Waals surface area contributed by atoms with Crippen LogP contribution in [-0.2, 0) is 32.7 Å². The first kappa shape index (κ1) is 29.2.